The molecule has 5 nitrogen and oxygen atoms in total. The van der Waals surface area contributed by atoms with E-state index in [-0.39, 0.29) is 12.0 Å². The number of nitrogens with zero attached hydrogens (tertiary/aromatic N) is 2. The highest BCUT2D eigenvalue weighted by atomic mass is 16.5. The maximum absolute atomic E-state index is 12.0. The molecule has 1 aromatic heterocycles. The maximum Gasteiger partial charge on any atom is 0.249 e. The lowest BCUT2D eigenvalue weighted by molar-refractivity contribution is -0.130. The number of imidazole rings is 1. The zero-order valence-electron chi connectivity index (χ0n) is 14.0. The lowest BCUT2D eigenvalue weighted by atomic mass is 10.1. The van der Waals surface area contributed by atoms with Gasteiger partial charge in [0.05, 0.1) is 17.4 Å². The van der Waals surface area contributed by atoms with E-state index in [2.05, 4.69) is 45.2 Å². The zero-order valence-corrected chi connectivity index (χ0v) is 14.0. The van der Waals surface area contributed by atoms with Crippen molar-refractivity contribution in [1.29, 1.82) is 0 Å². The summed E-state index contributed by atoms with van der Waals surface area (Å²) in [5.41, 5.74) is 4.44. The first-order chi connectivity index (χ1) is 12.3. The Hall–Kier alpha value is -2.66. The van der Waals surface area contributed by atoms with Crippen LogP contribution in [0.4, 0.5) is 0 Å². The molecule has 2 aromatic carbocycles. The highest BCUT2D eigenvalue weighted by Gasteiger charge is 2.22. The number of aromatic nitrogens is 2. The number of nitrogens with one attached hydrogen (secondary N) is 1. The van der Waals surface area contributed by atoms with Crippen LogP contribution in [0.25, 0.3) is 11.0 Å². The molecule has 128 valence electrons. The highest BCUT2D eigenvalue weighted by Crippen LogP contribution is 2.15. The molecular weight excluding hydrogens is 314 g/mol. The third-order valence-corrected chi connectivity index (χ3v) is 4.59. The van der Waals surface area contributed by atoms with Gasteiger partial charge in [0.15, 0.2) is 0 Å². The number of carbonyl (C=O) groups excluding carboxylic acids is 1. The van der Waals surface area contributed by atoms with Gasteiger partial charge in [-0.25, -0.2) is 4.98 Å². The Morgan fingerprint density at radius 2 is 1.96 bits per heavy atom. The highest BCUT2D eigenvalue weighted by molar-refractivity contribution is 5.80. The molecule has 1 atom stereocenters. The van der Waals surface area contributed by atoms with Gasteiger partial charge in [-0.15, -0.1) is 0 Å². The minimum absolute atomic E-state index is 0.00791. The lowest BCUT2D eigenvalue weighted by Gasteiger charge is -2.11. The van der Waals surface area contributed by atoms with E-state index < -0.39 is 0 Å². The van der Waals surface area contributed by atoms with E-state index >= 15 is 0 Å². The Bertz CT molecular complexity index is 864. The van der Waals surface area contributed by atoms with Gasteiger partial charge < -0.3 is 14.6 Å². The van der Waals surface area contributed by atoms with Crippen molar-refractivity contribution in [2.75, 3.05) is 6.61 Å². The fourth-order valence-electron chi connectivity index (χ4n) is 3.18. The fraction of sp³-hybridized carbons (Fsp3) is 0.300. The average Bonchev–Trinajstić information content (AvgIpc) is 3.32. The van der Waals surface area contributed by atoms with Gasteiger partial charge in [0.25, 0.3) is 0 Å². The van der Waals surface area contributed by atoms with Gasteiger partial charge in [0.2, 0.25) is 5.91 Å². The van der Waals surface area contributed by atoms with E-state index in [1.165, 1.54) is 5.56 Å². The minimum atomic E-state index is -0.270. The number of rotatable bonds is 5. The molecule has 25 heavy (non-hydrogen) atoms. The number of fused-ring (bicyclic) bond motifs is 1. The molecule has 1 N–H and O–H groups in total. The van der Waals surface area contributed by atoms with Crippen LogP contribution in [0.5, 0.6) is 0 Å². The van der Waals surface area contributed by atoms with E-state index in [9.17, 15) is 4.79 Å². The SMILES string of the molecule is O=C(NCc1ccc(Cn2cnc3ccccc32)cc1)[C@@H]1CCCO1. The van der Waals surface area contributed by atoms with Crippen LogP contribution in [0, 0.1) is 0 Å². The molecule has 1 saturated heterocycles. The van der Waals surface area contributed by atoms with Crippen molar-refractivity contribution in [3.63, 3.8) is 0 Å². The summed E-state index contributed by atoms with van der Waals surface area (Å²) >= 11 is 0. The number of carbonyl (C=O) groups is 1. The first kappa shape index (κ1) is 15.8. The maximum atomic E-state index is 12.0. The summed E-state index contributed by atoms with van der Waals surface area (Å²) in [6.45, 7) is 2.01. The van der Waals surface area contributed by atoms with E-state index in [4.69, 9.17) is 4.74 Å². The molecule has 4 rings (SSSR count). The van der Waals surface area contributed by atoms with Crippen molar-refractivity contribution < 1.29 is 9.53 Å². The lowest BCUT2D eigenvalue weighted by Crippen LogP contribution is -2.33. The molecule has 1 aliphatic rings. The van der Waals surface area contributed by atoms with Crippen molar-refractivity contribution in [2.45, 2.75) is 32.0 Å². The third kappa shape index (κ3) is 3.56. The van der Waals surface area contributed by atoms with Crippen LogP contribution in [0.2, 0.25) is 0 Å². The van der Waals surface area contributed by atoms with E-state index in [1.807, 2.05) is 24.5 Å². The first-order valence-electron chi connectivity index (χ1n) is 8.66. The minimum Gasteiger partial charge on any atom is -0.368 e. The molecule has 3 aromatic rings. The summed E-state index contributed by atoms with van der Waals surface area (Å²) in [5.74, 6) is -0.00791. The van der Waals surface area contributed by atoms with Gasteiger partial charge in [-0.05, 0) is 36.1 Å². The number of benzene rings is 2. The molecule has 0 saturated carbocycles. The molecule has 1 amide bonds. The quantitative estimate of drug-likeness (QED) is 0.780. The van der Waals surface area contributed by atoms with E-state index in [0.717, 1.165) is 36.0 Å². The number of para-hydroxylation sites is 2. The molecule has 0 bridgehead atoms. The predicted octanol–water partition coefficient (Wildman–Crippen LogP) is 2.88. The van der Waals surface area contributed by atoms with Crippen molar-refractivity contribution >= 4 is 16.9 Å². The van der Waals surface area contributed by atoms with Crippen molar-refractivity contribution in [2.24, 2.45) is 0 Å². The Balaban J connectivity index is 1.37. The van der Waals surface area contributed by atoms with Crippen LogP contribution < -0.4 is 5.32 Å². The van der Waals surface area contributed by atoms with Gasteiger partial charge in [-0.1, -0.05) is 36.4 Å². The van der Waals surface area contributed by atoms with Crippen LogP contribution >= 0.6 is 0 Å². The van der Waals surface area contributed by atoms with Crippen LogP contribution in [-0.4, -0.2) is 28.2 Å². The molecule has 0 spiro atoms. The topological polar surface area (TPSA) is 56.2 Å². The first-order valence-corrected chi connectivity index (χ1v) is 8.66. The molecule has 1 fully saturated rings. The van der Waals surface area contributed by atoms with Crippen LogP contribution in [-0.2, 0) is 22.6 Å². The monoisotopic (exact) mass is 335 g/mol. The van der Waals surface area contributed by atoms with Crippen molar-refractivity contribution in [3.8, 4) is 0 Å². The van der Waals surface area contributed by atoms with Gasteiger partial charge >= 0.3 is 0 Å². The Labute approximate surface area is 146 Å². The predicted molar refractivity (Wildman–Crippen MR) is 96.1 cm³/mol. The smallest absolute Gasteiger partial charge is 0.249 e. The zero-order chi connectivity index (χ0) is 17.1. The second-order valence-electron chi connectivity index (χ2n) is 6.40. The van der Waals surface area contributed by atoms with Gasteiger partial charge in [-0.3, -0.25) is 4.79 Å². The molecular formula is C20H21N3O2. The summed E-state index contributed by atoms with van der Waals surface area (Å²) in [4.78, 5) is 16.4. The molecule has 5 heteroatoms. The summed E-state index contributed by atoms with van der Waals surface area (Å²) < 4.78 is 7.54. The van der Waals surface area contributed by atoms with Gasteiger partial charge in [0.1, 0.15) is 6.10 Å². The molecule has 0 unspecified atom stereocenters. The molecule has 0 radical (unpaired) electrons. The van der Waals surface area contributed by atoms with E-state index in [1.54, 1.807) is 0 Å². The molecule has 2 heterocycles. The molecule has 0 aliphatic carbocycles. The standard InChI is InChI=1S/C20H21N3O2/c24-20(19-6-3-11-25-19)21-12-15-7-9-16(10-8-15)13-23-14-22-17-4-1-2-5-18(17)23/h1-2,4-5,7-10,14,19H,3,6,11-13H2,(H,21,24)/t19-/m0/s1. The van der Waals surface area contributed by atoms with Crippen molar-refractivity contribution in [3.05, 3.63) is 66.0 Å². The van der Waals surface area contributed by atoms with Crippen molar-refractivity contribution in [1.82, 2.24) is 14.9 Å². The second kappa shape index (κ2) is 7.07. The van der Waals surface area contributed by atoms with Gasteiger partial charge in [0, 0.05) is 19.7 Å². The summed E-state index contributed by atoms with van der Waals surface area (Å²) in [6.07, 6.45) is 3.40. The van der Waals surface area contributed by atoms with Gasteiger partial charge in [-0.2, -0.15) is 0 Å². The summed E-state index contributed by atoms with van der Waals surface area (Å²) in [7, 11) is 0. The average molecular weight is 335 g/mol. The summed E-state index contributed by atoms with van der Waals surface area (Å²) in [5, 5.41) is 2.95. The van der Waals surface area contributed by atoms with Crippen LogP contribution in [0.1, 0.15) is 24.0 Å². The largest absolute Gasteiger partial charge is 0.368 e. The number of hydrogen-bond acceptors (Lipinski definition) is 3. The summed E-state index contributed by atoms with van der Waals surface area (Å²) in [6, 6.07) is 16.4. The fourth-order valence-corrected chi connectivity index (χ4v) is 3.18. The normalized spacial score (nSPS) is 17.0. The Kier molecular flexibility index (Phi) is 4.48. The van der Waals surface area contributed by atoms with Crippen LogP contribution in [0.3, 0.4) is 0 Å². The second-order valence-corrected chi connectivity index (χ2v) is 6.40. The Morgan fingerprint density at radius 3 is 2.76 bits per heavy atom. The number of hydrogen-bond donors (Lipinski definition) is 1. The number of ether oxygens (including phenoxy) is 1. The molecule has 1 aliphatic heterocycles. The number of amides is 1. The van der Waals surface area contributed by atoms with E-state index in [0.29, 0.717) is 13.2 Å². The van der Waals surface area contributed by atoms with Crippen LogP contribution in [0.15, 0.2) is 54.9 Å². The Morgan fingerprint density at radius 1 is 1.16 bits per heavy atom. The third-order valence-electron chi connectivity index (χ3n) is 4.59.